The van der Waals surface area contributed by atoms with Crippen LogP contribution in [-0.2, 0) is 16.0 Å². The van der Waals surface area contributed by atoms with E-state index >= 15 is 0 Å². The molecule has 2 aliphatic carbocycles. The zero-order chi connectivity index (χ0) is 17.6. The van der Waals surface area contributed by atoms with Crippen molar-refractivity contribution < 1.29 is 24.9 Å². The lowest BCUT2D eigenvalue weighted by Gasteiger charge is -2.47. The van der Waals surface area contributed by atoms with Crippen molar-refractivity contribution in [3.63, 3.8) is 0 Å². The summed E-state index contributed by atoms with van der Waals surface area (Å²) < 4.78 is 0. The summed E-state index contributed by atoms with van der Waals surface area (Å²) >= 11 is 0. The Bertz CT molecular complexity index is 795. The second-order valence-corrected chi connectivity index (χ2v) is 6.46. The van der Waals surface area contributed by atoms with Crippen LogP contribution in [0.2, 0.25) is 0 Å². The molecule has 1 aromatic rings. The number of aromatic hydroxyl groups is 3. The van der Waals surface area contributed by atoms with Crippen molar-refractivity contribution in [2.45, 2.75) is 31.7 Å². The van der Waals surface area contributed by atoms with Gasteiger partial charge in [0.1, 0.15) is 0 Å². The van der Waals surface area contributed by atoms with Crippen LogP contribution in [0.5, 0.6) is 17.2 Å². The van der Waals surface area contributed by atoms with Gasteiger partial charge in [0.05, 0.1) is 5.54 Å². The van der Waals surface area contributed by atoms with E-state index < -0.39 is 28.7 Å². The largest absolute Gasteiger partial charge is 0.504 e. The van der Waals surface area contributed by atoms with Crippen LogP contribution in [0.25, 0.3) is 0 Å². The van der Waals surface area contributed by atoms with E-state index in [2.05, 4.69) is 5.32 Å². The highest BCUT2D eigenvalue weighted by Crippen LogP contribution is 2.52. The first-order valence-corrected chi connectivity index (χ1v) is 7.73. The van der Waals surface area contributed by atoms with E-state index in [0.717, 1.165) is 0 Å². The Morgan fingerprint density at radius 1 is 1.25 bits per heavy atom. The number of carbonyl (C=O) groups excluding carboxylic acids is 2. The van der Waals surface area contributed by atoms with Crippen molar-refractivity contribution in [3.8, 4) is 17.2 Å². The summed E-state index contributed by atoms with van der Waals surface area (Å²) in [6.07, 6.45) is 6.54. The summed E-state index contributed by atoms with van der Waals surface area (Å²) in [5, 5.41) is 33.0. The number of hydrogen-bond donors (Lipinski definition) is 4. The summed E-state index contributed by atoms with van der Waals surface area (Å²) in [6.45, 7) is 3.33. The van der Waals surface area contributed by atoms with Crippen molar-refractivity contribution in [2.75, 3.05) is 0 Å². The maximum absolute atomic E-state index is 11.8. The third-order valence-corrected chi connectivity index (χ3v) is 4.91. The first-order valence-electron chi connectivity index (χ1n) is 7.73. The number of carbonyl (C=O) groups is 2. The molecule has 0 bridgehead atoms. The minimum atomic E-state index is -0.900. The molecule has 0 saturated carbocycles. The molecule has 6 heteroatoms. The fourth-order valence-electron chi connectivity index (χ4n) is 3.81. The molecule has 2 aliphatic rings. The molecule has 3 atom stereocenters. The molecule has 0 unspecified atom stereocenters. The van der Waals surface area contributed by atoms with Crippen LogP contribution in [0.4, 0.5) is 0 Å². The molecule has 0 aliphatic heterocycles. The number of fused-ring (bicyclic) bond motifs is 3. The number of allylic oxidation sites excluding steroid dienone is 2. The number of nitrogens with one attached hydrogen (secondary N) is 1. The number of phenols is 3. The zero-order valence-corrected chi connectivity index (χ0v) is 13.4. The van der Waals surface area contributed by atoms with E-state index in [1.807, 2.05) is 6.92 Å². The molecule has 1 amide bonds. The second kappa shape index (κ2) is 5.40. The molecular weight excluding hydrogens is 310 g/mol. The van der Waals surface area contributed by atoms with E-state index in [9.17, 15) is 24.9 Å². The van der Waals surface area contributed by atoms with Gasteiger partial charge < -0.3 is 20.6 Å². The highest BCUT2D eigenvalue weighted by atomic mass is 16.3. The average molecular weight is 329 g/mol. The van der Waals surface area contributed by atoms with Gasteiger partial charge in [-0.15, -0.1) is 0 Å². The molecule has 6 nitrogen and oxygen atoms in total. The quantitative estimate of drug-likeness (QED) is 0.586. The van der Waals surface area contributed by atoms with Crippen LogP contribution >= 0.6 is 0 Å². The van der Waals surface area contributed by atoms with Gasteiger partial charge in [0.15, 0.2) is 17.3 Å². The van der Waals surface area contributed by atoms with E-state index in [0.29, 0.717) is 17.5 Å². The van der Waals surface area contributed by atoms with Crippen molar-refractivity contribution in [1.29, 1.82) is 0 Å². The highest BCUT2D eigenvalue weighted by Gasteiger charge is 2.48. The summed E-state index contributed by atoms with van der Waals surface area (Å²) in [5.41, 5.74) is 0.184. The predicted molar refractivity (Wildman–Crippen MR) is 86.9 cm³/mol. The van der Waals surface area contributed by atoms with Crippen molar-refractivity contribution in [1.82, 2.24) is 5.32 Å². The third kappa shape index (κ3) is 2.26. The van der Waals surface area contributed by atoms with E-state index in [4.69, 9.17) is 0 Å². The van der Waals surface area contributed by atoms with Crippen LogP contribution in [0.3, 0.4) is 0 Å². The summed E-state index contributed by atoms with van der Waals surface area (Å²) in [5.74, 6) is -2.55. The molecule has 4 N–H and O–H groups in total. The molecule has 0 radical (unpaired) electrons. The topological polar surface area (TPSA) is 107 Å². The Kier molecular flexibility index (Phi) is 3.63. The lowest BCUT2D eigenvalue weighted by atomic mass is 9.63. The lowest BCUT2D eigenvalue weighted by molar-refractivity contribution is -0.121. The predicted octanol–water partition coefficient (Wildman–Crippen LogP) is 1.65. The summed E-state index contributed by atoms with van der Waals surface area (Å²) in [4.78, 5) is 23.7. The molecule has 0 spiro atoms. The smallest absolute Gasteiger partial charge is 0.217 e. The second-order valence-electron chi connectivity index (χ2n) is 6.46. The number of amides is 1. The van der Waals surface area contributed by atoms with Crippen LogP contribution in [0, 0.1) is 5.92 Å². The number of phenolic OH excluding ortho intramolecular Hbond substituents is 3. The highest BCUT2D eigenvalue weighted by molar-refractivity contribution is 6.00. The van der Waals surface area contributed by atoms with Crippen LogP contribution in [0.1, 0.15) is 30.9 Å². The Labute approximate surface area is 139 Å². The molecule has 126 valence electrons. The van der Waals surface area contributed by atoms with Gasteiger partial charge in [-0.25, -0.2) is 0 Å². The molecule has 3 rings (SSSR count). The van der Waals surface area contributed by atoms with E-state index in [1.54, 1.807) is 12.2 Å². The van der Waals surface area contributed by atoms with E-state index in [-0.39, 0.29) is 17.6 Å². The van der Waals surface area contributed by atoms with Gasteiger partial charge in [-0.3, -0.25) is 9.59 Å². The van der Waals surface area contributed by atoms with Gasteiger partial charge in [-0.05, 0) is 36.1 Å². The average Bonchev–Trinajstić information content (AvgIpc) is 2.66. The zero-order valence-electron chi connectivity index (χ0n) is 13.4. The van der Waals surface area contributed by atoms with Gasteiger partial charge in [-0.2, -0.15) is 0 Å². The fraction of sp³-hybridized carbons (Fsp3) is 0.333. The fourth-order valence-corrected chi connectivity index (χ4v) is 3.81. The molecule has 1 aromatic carbocycles. The van der Waals surface area contributed by atoms with Gasteiger partial charge in [0.25, 0.3) is 0 Å². The Hall–Kier alpha value is -2.76. The van der Waals surface area contributed by atoms with Gasteiger partial charge >= 0.3 is 0 Å². The number of benzene rings is 1. The molecule has 0 fully saturated rings. The minimum absolute atomic E-state index is 0.103. The van der Waals surface area contributed by atoms with Crippen LogP contribution in [-0.4, -0.2) is 32.5 Å². The van der Waals surface area contributed by atoms with Crippen molar-refractivity contribution in [2.24, 2.45) is 5.92 Å². The van der Waals surface area contributed by atoms with Gasteiger partial charge in [0, 0.05) is 18.4 Å². The van der Waals surface area contributed by atoms with Crippen molar-refractivity contribution >= 4 is 11.7 Å². The molecule has 0 saturated heterocycles. The lowest BCUT2D eigenvalue weighted by Crippen LogP contribution is -2.57. The first-order chi connectivity index (χ1) is 11.3. The standard InChI is InChI=1S/C18H19NO5/c1-9-7-11-8-14(22)16(23)17(24)15(11)13-4-3-12(21)5-6-18(9,13)19-10(2)20/h3-6,8-9,13,22-24H,7H2,1-2H3,(H,19,20)/t9-,13-,18+/m0/s1. The number of rotatable bonds is 1. The Morgan fingerprint density at radius 3 is 2.62 bits per heavy atom. The maximum Gasteiger partial charge on any atom is 0.217 e. The molecule has 0 aromatic heterocycles. The minimum Gasteiger partial charge on any atom is -0.504 e. The molecule has 0 heterocycles. The number of ketones is 1. The monoisotopic (exact) mass is 329 g/mol. The maximum atomic E-state index is 11.8. The van der Waals surface area contributed by atoms with E-state index in [1.165, 1.54) is 25.1 Å². The molecule has 24 heavy (non-hydrogen) atoms. The van der Waals surface area contributed by atoms with Crippen LogP contribution < -0.4 is 5.32 Å². The summed E-state index contributed by atoms with van der Waals surface area (Å²) in [6, 6.07) is 1.42. The first kappa shape index (κ1) is 16.1. The van der Waals surface area contributed by atoms with Gasteiger partial charge in [0.2, 0.25) is 11.7 Å². The molecular formula is C18H19NO5. The Morgan fingerprint density at radius 2 is 1.96 bits per heavy atom. The normalized spacial score (nSPS) is 28.0. The third-order valence-electron chi connectivity index (χ3n) is 4.91. The number of hydrogen-bond acceptors (Lipinski definition) is 5. The van der Waals surface area contributed by atoms with Crippen molar-refractivity contribution in [3.05, 3.63) is 41.5 Å². The Balaban J connectivity index is 2.30. The van der Waals surface area contributed by atoms with Gasteiger partial charge in [-0.1, -0.05) is 19.1 Å². The van der Waals surface area contributed by atoms with Crippen LogP contribution in [0.15, 0.2) is 30.4 Å². The SMILES string of the molecule is CC(=O)N[C@@]12C=CC(=O)C=C[C@H]1c1c(cc(O)c(O)c1O)C[C@@H]2C. The summed E-state index contributed by atoms with van der Waals surface area (Å²) in [7, 11) is 0.